The van der Waals surface area contributed by atoms with Gasteiger partial charge in [0, 0.05) is 5.92 Å². The number of sulfone groups is 1. The van der Waals surface area contributed by atoms with Gasteiger partial charge in [0.1, 0.15) is 11.8 Å². The van der Waals surface area contributed by atoms with Crippen LogP contribution in [0.4, 0.5) is 0 Å². The van der Waals surface area contributed by atoms with Crippen molar-refractivity contribution in [3.05, 3.63) is 71.8 Å². The molecule has 0 bridgehead atoms. The fourth-order valence-corrected chi connectivity index (χ4v) is 5.24. The minimum absolute atomic E-state index is 0.334. The van der Waals surface area contributed by atoms with Crippen LogP contribution in [0.25, 0.3) is 0 Å². The standard InChI is InChI=1S/C27H31NO10S/c1-18(16-39(36,37)17-25(32)33)26(34)28-22(14-24(30)31)23(29)15-38-27(35)21(12-19-8-4-2-5-9-19)13-20-10-6-3-7-11-20/h2-11,18,21-22H,12-17H2,1H3,(H,28,34)(H,30,31)(H,32,33). The van der Waals surface area contributed by atoms with Gasteiger partial charge in [-0.3, -0.25) is 24.0 Å². The number of carbonyl (C=O) groups excluding carboxylic acids is 3. The van der Waals surface area contributed by atoms with E-state index in [0.29, 0.717) is 12.8 Å². The van der Waals surface area contributed by atoms with Crippen molar-refractivity contribution in [2.75, 3.05) is 18.1 Å². The van der Waals surface area contributed by atoms with Crippen molar-refractivity contribution < 1.29 is 47.3 Å². The van der Waals surface area contributed by atoms with Crippen LogP contribution in [0.15, 0.2) is 60.7 Å². The Bertz CT molecular complexity index is 1220. The highest BCUT2D eigenvalue weighted by Gasteiger charge is 2.30. The van der Waals surface area contributed by atoms with Crippen molar-refractivity contribution in [2.24, 2.45) is 11.8 Å². The number of ether oxygens (including phenoxy) is 1. The Morgan fingerprint density at radius 1 is 0.846 bits per heavy atom. The van der Waals surface area contributed by atoms with E-state index >= 15 is 0 Å². The number of benzene rings is 2. The predicted octanol–water partition coefficient (Wildman–Crippen LogP) is 1.30. The number of carboxylic acids is 2. The topological polar surface area (TPSA) is 181 Å². The van der Waals surface area contributed by atoms with Crippen LogP contribution in [0.1, 0.15) is 24.5 Å². The maximum Gasteiger partial charge on any atom is 0.318 e. The molecule has 0 aliphatic carbocycles. The monoisotopic (exact) mass is 561 g/mol. The molecule has 0 saturated heterocycles. The molecular formula is C27H31NO10S. The molecule has 0 aromatic heterocycles. The van der Waals surface area contributed by atoms with Gasteiger partial charge >= 0.3 is 17.9 Å². The second-order valence-corrected chi connectivity index (χ2v) is 11.3. The minimum atomic E-state index is -4.12. The zero-order valence-electron chi connectivity index (χ0n) is 21.3. The van der Waals surface area contributed by atoms with E-state index in [2.05, 4.69) is 5.32 Å². The van der Waals surface area contributed by atoms with E-state index in [1.54, 1.807) is 0 Å². The van der Waals surface area contributed by atoms with Gasteiger partial charge in [0.15, 0.2) is 22.2 Å². The second kappa shape index (κ2) is 14.8. The van der Waals surface area contributed by atoms with Gasteiger partial charge < -0.3 is 20.3 Å². The molecule has 0 aliphatic heterocycles. The maximum absolute atomic E-state index is 13.0. The van der Waals surface area contributed by atoms with Gasteiger partial charge in [0.2, 0.25) is 5.91 Å². The van der Waals surface area contributed by atoms with Crippen LogP contribution in [0.3, 0.4) is 0 Å². The number of esters is 1. The summed E-state index contributed by atoms with van der Waals surface area (Å²) in [4.78, 5) is 60.2. The molecule has 2 aromatic rings. The average Bonchev–Trinajstić information content (AvgIpc) is 2.86. The van der Waals surface area contributed by atoms with Crippen molar-refractivity contribution in [1.29, 1.82) is 0 Å². The lowest BCUT2D eigenvalue weighted by Gasteiger charge is -2.20. The molecule has 2 unspecified atom stereocenters. The van der Waals surface area contributed by atoms with E-state index < -0.39 is 81.8 Å². The Morgan fingerprint density at radius 3 is 1.82 bits per heavy atom. The lowest BCUT2D eigenvalue weighted by molar-refractivity contribution is -0.153. The Labute approximate surface area is 226 Å². The molecule has 0 aliphatic rings. The normalized spacial score (nSPS) is 12.8. The highest BCUT2D eigenvalue weighted by atomic mass is 32.2. The number of aliphatic carboxylic acids is 2. The quantitative estimate of drug-likeness (QED) is 0.253. The second-order valence-electron chi connectivity index (χ2n) is 9.16. The van der Waals surface area contributed by atoms with Crippen LogP contribution in [0.2, 0.25) is 0 Å². The third-order valence-corrected chi connectivity index (χ3v) is 7.41. The highest BCUT2D eigenvalue weighted by molar-refractivity contribution is 7.92. The minimum Gasteiger partial charge on any atom is -0.481 e. The smallest absolute Gasteiger partial charge is 0.318 e. The van der Waals surface area contributed by atoms with Crippen molar-refractivity contribution in [1.82, 2.24) is 5.32 Å². The molecule has 39 heavy (non-hydrogen) atoms. The summed E-state index contributed by atoms with van der Waals surface area (Å²) in [5, 5.41) is 20.1. The van der Waals surface area contributed by atoms with Gasteiger partial charge in [-0.1, -0.05) is 67.6 Å². The molecule has 210 valence electrons. The Morgan fingerprint density at radius 2 is 1.36 bits per heavy atom. The summed E-state index contributed by atoms with van der Waals surface area (Å²) < 4.78 is 29.0. The lowest BCUT2D eigenvalue weighted by Crippen LogP contribution is -2.47. The van der Waals surface area contributed by atoms with Crippen molar-refractivity contribution >= 4 is 39.4 Å². The Hall–Kier alpha value is -4.06. The third kappa shape index (κ3) is 11.5. The Balaban J connectivity index is 2.07. The van der Waals surface area contributed by atoms with Gasteiger partial charge in [0.05, 0.1) is 18.1 Å². The van der Waals surface area contributed by atoms with Crippen LogP contribution in [0, 0.1) is 11.8 Å². The van der Waals surface area contributed by atoms with Gasteiger partial charge in [-0.25, -0.2) is 8.42 Å². The number of hydrogen-bond donors (Lipinski definition) is 3. The number of carboxylic acid groups (broad SMARTS) is 2. The molecule has 2 aromatic carbocycles. The molecule has 0 spiro atoms. The van der Waals surface area contributed by atoms with E-state index in [1.165, 1.54) is 6.92 Å². The first kappa shape index (κ1) is 31.2. The fraction of sp³-hybridized carbons (Fsp3) is 0.370. The first-order valence-electron chi connectivity index (χ1n) is 12.1. The molecule has 3 N–H and O–H groups in total. The fourth-order valence-electron chi connectivity index (χ4n) is 3.83. The Kier molecular flexibility index (Phi) is 11.8. The van der Waals surface area contributed by atoms with Gasteiger partial charge in [0.25, 0.3) is 0 Å². The predicted molar refractivity (Wildman–Crippen MR) is 139 cm³/mol. The van der Waals surface area contributed by atoms with E-state index in [1.807, 2.05) is 60.7 Å². The number of hydrogen-bond acceptors (Lipinski definition) is 8. The summed E-state index contributed by atoms with van der Waals surface area (Å²) in [5.41, 5.74) is 1.76. The first-order chi connectivity index (χ1) is 18.4. The zero-order valence-corrected chi connectivity index (χ0v) is 22.1. The van der Waals surface area contributed by atoms with Crippen molar-refractivity contribution in [3.8, 4) is 0 Å². The average molecular weight is 562 g/mol. The summed E-state index contributed by atoms with van der Waals surface area (Å²) in [6.45, 7) is 0.400. The largest absolute Gasteiger partial charge is 0.481 e. The molecule has 1 amide bonds. The highest BCUT2D eigenvalue weighted by Crippen LogP contribution is 2.17. The van der Waals surface area contributed by atoms with Crippen LogP contribution in [-0.2, 0) is 51.4 Å². The summed E-state index contributed by atoms with van der Waals surface area (Å²) in [7, 11) is -4.12. The van der Waals surface area contributed by atoms with Crippen LogP contribution in [-0.4, -0.2) is 72.4 Å². The number of ketones is 1. The zero-order chi connectivity index (χ0) is 29.0. The molecule has 0 fully saturated rings. The number of nitrogens with one attached hydrogen (secondary N) is 1. The van der Waals surface area contributed by atoms with Crippen molar-refractivity contribution in [3.63, 3.8) is 0 Å². The molecule has 2 rings (SSSR count). The molecule has 0 radical (unpaired) electrons. The summed E-state index contributed by atoms with van der Waals surface area (Å²) in [6.07, 6.45) is -0.158. The van der Waals surface area contributed by atoms with Crippen LogP contribution < -0.4 is 5.32 Å². The number of rotatable bonds is 16. The van der Waals surface area contributed by atoms with Crippen molar-refractivity contribution in [2.45, 2.75) is 32.2 Å². The third-order valence-electron chi connectivity index (χ3n) is 5.72. The lowest BCUT2D eigenvalue weighted by atomic mass is 9.92. The molecule has 11 nitrogen and oxygen atoms in total. The molecule has 0 saturated carbocycles. The van der Waals surface area contributed by atoms with Crippen LogP contribution in [0.5, 0.6) is 0 Å². The summed E-state index contributed by atoms with van der Waals surface area (Å²) >= 11 is 0. The number of Topliss-reactive ketones (excluding diaryl/α,β-unsaturated/α-hetero) is 1. The van der Waals surface area contributed by atoms with E-state index in [-0.39, 0.29) is 0 Å². The number of amides is 1. The van der Waals surface area contributed by atoms with Gasteiger partial charge in [-0.05, 0) is 24.0 Å². The maximum atomic E-state index is 13.0. The number of carbonyl (C=O) groups is 5. The molecule has 2 atom stereocenters. The molecule has 12 heteroatoms. The SMILES string of the molecule is CC(CS(=O)(=O)CC(=O)O)C(=O)NC(CC(=O)O)C(=O)COC(=O)C(Cc1ccccc1)Cc1ccccc1. The molecular weight excluding hydrogens is 530 g/mol. The van der Waals surface area contributed by atoms with Crippen LogP contribution >= 0.6 is 0 Å². The van der Waals surface area contributed by atoms with Gasteiger partial charge in [-0.15, -0.1) is 0 Å². The molecule has 0 heterocycles. The van der Waals surface area contributed by atoms with E-state index in [0.717, 1.165) is 11.1 Å². The summed E-state index contributed by atoms with van der Waals surface area (Å²) in [5.74, 6) is -9.42. The van der Waals surface area contributed by atoms with E-state index in [4.69, 9.17) is 9.84 Å². The van der Waals surface area contributed by atoms with Gasteiger partial charge in [-0.2, -0.15) is 0 Å². The summed E-state index contributed by atoms with van der Waals surface area (Å²) in [6, 6.07) is 16.8. The van der Waals surface area contributed by atoms with E-state index in [9.17, 15) is 37.5 Å². The first-order valence-corrected chi connectivity index (χ1v) is 13.9.